The molecule has 0 saturated carbocycles. The molecule has 1 atom stereocenters. The molecule has 1 unspecified atom stereocenters. The number of nitrogens with one attached hydrogen (secondary N) is 1. The van der Waals surface area contributed by atoms with Gasteiger partial charge in [-0.15, -0.1) is 0 Å². The lowest BCUT2D eigenvalue weighted by Gasteiger charge is -2.15. The molecule has 0 amide bonds. The van der Waals surface area contributed by atoms with Crippen molar-refractivity contribution in [1.29, 1.82) is 0 Å². The summed E-state index contributed by atoms with van der Waals surface area (Å²) in [4.78, 5) is 0. The fraction of sp³-hybridized carbons (Fsp3) is 0.357. The van der Waals surface area contributed by atoms with Crippen LogP contribution in [0.5, 0.6) is 0 Å². The van der Waals surface area contributed by atoms with Crippen LogP contribution in [0.25, 0.3) is 0 Å². The SMILES string of the molecule is CCc1ccc(C(NN)c2cnn(CC)c2)cc1. The van der Waals surface area contributed by atoms with Gasteiger partial charge in [0.15, 0.2) is 0 Å². The zero-order valence-corrected chi connectivity index (χ0v) is 10.9. The summed E-state index contributed by atoms with van der Waals surface area (Å²) >= 11 is 0. The lowest BCUT2D eigenvalue weighted by molar-refractivity contribution is 0.630. The smallest absolute Gasteiger partial charge is 0.0740 e. The summed E-state index contributed by atoms with van der Waals surface area (Å²) in [7, 11) is 0. The molecule has 0 radical (unpaired) electrons. The van der Waals surface area contributed by atoms with Crippen molar-refractivity contribution in [3.05, 3.63) is 53.3 Å². The maximum atomic E-state index is 5.67. The first-order valence-electron chi connectivity index (χ1n) is 6.35. The topological polar surface area (TPSA) is 55.9 Å². The first kappa shape index (κ1) is 12.8. The third kappa shape index (κ3) is 2.60. The molecule has 0 fully saturated rings. The molecule has 96 valence electrons. The molecule has 0 aliphatic carbocycles. The van der Waals surface area contributed by atoms with Gasteiger partial charge in [0.25, 0.3) is 0 Å². The number of aryl methyl sites for hydroxylation is 2. The molecule has 3 N–H and O–H groups in total. The number of nitrogens with zero attached hydrogens (tertiary/aromatic N) is 2. The zero-order valence-electron chi connectivity index (χ0n) is 10.9. The Morgan fingerprint density at radius 3 is 2.44 bits per heavy atom. The maximum absolute atomic E-state index is 5.67. The van der Waals surface area contributed by atoms with Gasteiger partial charge in [0.05, 0.1) is 12.2 Å². The van der Waals surface area contributed by atoms with E-state index < -0.39 is 0 Å². The normalized spacial score (nSPS) is 12.6. The van der Waals surface area contributed by atoms with Gasteiger partial charge >= 0.3 is 0 Å². The fourth-order valence-electron chi connectivity index (χ4n) is 2.03. The minimum Gasteiger partial charge on any atom is -0.273 e. The molecule has 0 bridgehead atoms. The Labute approximate surface area is 108 Å². The van der Waals surface area contributed by atoms with Crippen molar-refractivity contribution >= 4 is 0 Å². The van der Waals surface area contributed by atoms with E-state index in [4.69, 9.17) is 5.84 Å². The third-order valence-corrected chi connectivity index (χ3v) is 3.20. The van der Waals surface area contributed by atoms with E-state index in [2.05, 4.69) is 48.6 Å². The Balaban J connectivity index is 2.26. The molecule has 4 heteroatoms. The summed E-state index contributed by atoms with van der Waals surface area (Å²) in [6, 6.07) is 8.52. The molecule has 2 aromatic rings. The molecule has 0 spiro atoms. The Morgan fingerprint density at radius 1 is 1.22 bits per heavy atom. The average molecular weight is 244 g/mol. The van der Waals surface area contributed by atoms with Gasteiger partial charge in [0, 0.05) is 18.3 Å². The molecule has 0 aliphatic heterocycles. The van der Waals surface area contributed by atoms with Crippen LogP contribution < -0.4 is 11.3 Å². The van der Waals surface area contributed by atoms with Gasteiger partial charge < -0.3 is 0 Å². The summed E-state index contributed by atoms with van der Waals surface area (Å²) in [5, 5.41) is 4.28. The summed E-state index contributed by atoms with van der Waals surface area (Å²) in [6.45, 7) is 5.09. The van der Waals surface area contributed by atoms with Crippen LogP contribution in [0.3, 0.4) is 0 Å². The number of nitrogens with two attached hydrogens (primary N) is 1. The van der Waals surface area contributed by atoms with Crippen LogP contribution in [0.15, 0.2) is 36.7 Å². The first-order valence-corrected chi connectivity index (χ1v) is 6.35. The van der Waals surface area contributed by atoms with Gasteiger partial charge in [-0.1, -0.05) is 31.2 Å². The first-order chi connectivity index (χ1) is 8.78. The predicted molar refractivity (Wildman–Crippen MR) is 72.9 cm³/mol. The predicted octanol–water partition coefficient (Wildman–Crippen LogP) is 2.02. The van der Waals surface area contributed by atoms with E-state index in [1.54, 1.807) is 0 Å². The quantitative estimate of drug-likeness (QED) is 0.625. The minimum absolute atomic E-state index is 0.00351. The fourth-order valence-corrected chi connectivity index (χ4v) is 2.03. The highest BCUT2D eigenvalue weighted by atomic mass is 15.3. The van der Waals surface area contributed by atoms with E-state index >= 15 is 0 Å². The number of aromatic nitrogens is 2. The van der Waals surface area contributed by atoms with E-state index in [1.165, 1.54) is 5.56 Å². The molecular weight excluding hydrogens is 224 g/mol. The molecule has 1 heterocycles. The van der Waals surface area contributed by atoms with Crippen molar-refractivity contribution in [2.75, 3.05) is 0 Å². The summed E-state index contributed by atoms with van der Waals surface area (Å²) in [5.74, 6) is 5.67. The Bertz CT molecular complexity index is 487. The van der Waals surface area contributed by atoms with Gasteiger partial charge in [-0.3, -0.25) is 10.5 Å². The van der Waals surface area contributed by atoms with E-state index in [9.17, 15) is 0 Å². The molecule has 0 saturated heterocycles. The van der Waals surface area contributed by atoms with Crippen LogP contribution in [0.4, 0.5) is 0 Å². The molecule has 1 aromatic carbocycles. The van der Waals surface area contributed by atoms with Gasteiger partial charge in [-0.2, -0.15) is 5.10 Å². The molecule has 0 aliphatic rings. The number of benzene rings is 1. The number of rotatable bonds is 5. The van der Waals surface area contributed by atoms with Crippen molar-refractivity contribution in [2.45, 2.75) is 32.9 Å². The highest BCUT2D eigenvalue weighted by Crippen LogP contribution is 2.21. The van der Waals surface area contributed by atoms with E-state index in [0.29, 0.717) is 0 Å². The van der Waals surface area contributed by atoms with Crippen LogP contribution >= 0.6 is 0 Å². The largest absolute Gasteiger partial charge is 0.273 e. The molecule has 4 nitrogen and oxygen atoms in total. The monoisotopic (exact) mass is 244 g/mol. The summed E-state index contributed by atoms with van der Waals surface area (Å²) in [5.41, 5.74) is 6.43. The van der Waals surface area contributed by atoms with Gasteiger partial charge in [-0.25, -0.2) is 5.43 Å². The molecule has 1 aromatic heterocycles. The van der Waals surface area contributed by atoms with E-state index in [-0.39, 0.29) is 6.04 Å². The standard InChI is InChI=1S/C14H20N4/c1-3-11-5-7-12(8-6-11)14(17-15)13-9-16-18(4-2)10-13/h5-10,14,17H,3-4,15H2,1-2H3. The zero-order chi connectivity index (χ0) is 13.0. The van der Waals surface area contributed by atoms with Gasteiger partial charge in [-0.05, 0) is 24.5 Å². The van der Waals surface area contributed by atoms with Crippen molar-refractivity contribution < 1.29 is 0 Å². The second kappa shape index (κ2) is 5.80. The maximum Gasteiger partial charge on any atom is 0.0740 e. The van der Waals surface area contributed by atoms with Gasteiger partial charge in [0.1, 0.15) is 0 Å². The average Bonchev–Trinajstić information content (AvgIpc) is 2.89. The van der Waals surface area contributed by atoms with Crippen LogP contribution in [-0.2, 0) is 13.0 Å². The second-order valence-electron chi connectivity index (χ2n) is 4.32. The van der Waals surface area contributed by atoms with Crippen LogP contribution in [0.2, 0.25) is 0 Å². The van der Waals surface area contributed by atoms with Crippen molar-refractivity contribution in [3.63, 3.8) is 0 Å². The minimum atomic E-state index is -0.00351. The molecule has 2 rings (SSSR count). The van der Waals surface area contributed by atoms with Crippen LogP contribution in [-0.4, -0.2) is 9.78 Å². The number of hydrogen-bond donors (Lipinski definition) is 2. The summed E-state index contributed by atoms with van der Waals surface area (Å²) < 4.78 is 1.90. The number of hydrazine groups is 1. The Hall–Kier alpha value is -1.65. The van der Waals surface area contributed by atoms with E-state index in [0.717, 1.165) is 24.1 Å². The van der Waals surface area contributed by atoms with Crippen LogP contribution in [0, 0.1) is 0 Å². The van der Waals surface area contributed by atoms with Crippen LogP contribution in [0.1, 0.15) is 36.6 Å². The Morgan fingerprint density at radius 2 is 1.94 bits per heavy atom. The molecule has 18 heavy (non-hydrogen) atoms. The van der Waals surface area contributed by atoms with Crippen molar-refractivity contribution in [2.24, 2.45) is 5.84 Å². The second-order valence-corrected chi connectivity index (χ2v) is 4.32. The van der Waals surface area contributed by atoms with Crippen molar-refractivity contribution in [1.82, 2.24) is 15.2 Å². The highest BCUT2D eigenvalue weighted by molar-refractivity contribution is 5.31. The Kier molecular flexibility index (Phi) is 4.12. The lowest BCUT2D eigenvalue weighted by atomic mass is 10.0. The highest BCUT2D eigenvalue weighted by Gasteiger charge is 2.13. The van der Waals surface area contributed by atoms with Crippen molar-refractivity contribution in [3.8, 4) is 0 Å². The molecular formula is C14H20N4. The lowest BCUT2D eigenvalue weighted by Crippen LogP contribution is -2.28. The van der Waals surface area contributed by atoms with Gasteiger partial charge in [0.2, 0.25) is 0 Å². The number of hydrogen-bond acceptors (Lipinski definition) is 3. The van der Waals surface area contributed by atoms with E-state index in [1.807, 2.05) is 17.1 Å². The summed E-state index contributed by atoms with van der Waals surface area (Å²) in [6.07, 6.45) is 4.94. The third-order valence-electron chi connectivity index (χ3n) is 3.20.